The number of nitrogens with one attached hydrogen (secondary N) is 1. The van der Waals surface area contributed by atoms with Gasteiger partial charge in [0.1, 0.15) is 5.75 Å². The zero-order valence-corrected chi connectivity index (χ0v) is 10.8. The summed E-state index contributed by atoms with van der Waals surface area (Å²) in [5.74, 6) is -0.317. The van der Waals surface area contributed by atoms with Crippen LogP contribution in [0.1, 0.15) is 0 Å². The quantitative estimate of drug-likeness (QED) is 0.817. The monoisotopic (exact) mass is 302 g/mol. The van der Waals surface area contributed by atoms with Crippen molar-refractivity contribution in [2.75, 3.05) is 11.1 Å². The summed E-state index contributed by atoms with van der Waals surface area (Å²) < 4.78 is 40.2. The summed E-state index contributed by atoms with van der Waals surface area (Å²) in [5, 5.41) is 3.34. The summed E-state index contributed by atoms with van der Waals surface area (Å²) in [4.78, 5) is 0. The van der Waals surface area contributed by atoms with Crippen molar-refractivity contribution < 1.29 is 17.9 Å². The lowest BCUT2D eigenvalue weighted by Crippen LogP contribution is -2.17. The molecule has 0 atom stereocenters. The molecule has 0 aliphatic rings. The van der Waals surface area contributed by atoms with Crippen molar-refractivity contribution in [1.29, 1.82) is 0 Å². The van der Waals surface area contributed by atoms with E-state index in [9.17, 15) is 13.2 Å². The first-order chi connectivity index (χ1) is 9.33. The van der Waals surface area contributed by atoms with Crippen molar-refractivity contribution in [2.24, 2.45) is 0 Å². The number of benzene rings is 2. The molecule has 0 aliphatic carbocycles. The smallest absolute Gasteiger partial charge is 0.406 e. The minimum absolute atomic E-state index is 0.317. The van der Waals surface area contributed by atoms with Crippen LogP contribution < -0.4 is 15.8 Å². The topological polar surface area (TPSA) is 47.3 Å². The van der Waals surface area contributed by atoms with Crippen molar-refractivity contribution in [3.8, 4) is 5.75 Å². The maximum atomic E-state index is 12.1. The second-order valence-corrected chi connectivity index (χ2v) is 4.37. The summed E-state index contributed by atoms with van der Waals surface area (Å²) >= 11 is 5.83. The van der Waals surface area contributed by atoms with E-state index in [1.54, 1.807) is 24.3 Å². The predicted octanol–water partition coefficient (Wildman–Crippen LogP) is 4.56. The Bertz CT molecular complexity index is 617. The van der Waals surface area contributed by atoms with Crippen LogP contribution >= 0.6 is 11.6 Å². The number of hydrogen-bond donors (Lipinski definition) is 2. The number of ether oxygens (including phenoxy) is 1. The van der Waals surface area contributed by atoms with Crippen molar-refractivity contribution in [2.45, 2.75) is 6.36 Å². The van der Waals surface area contributed by atoms with Crippen molar-refractivity contribution >= 4 is 28.7 Å². The second-order valence-electron chi connectivity index (χ2n) is 3.93. The Morgan fingerprint density at radius 3 is 2.55 bits per heavy atom. The minimum atomic E-state index is -4.73. The van der Waals surface area contributed by atoms with Gasteiger partial charge in [-0.2, -0.15) is 0 Å². The number of nitrogen functional groups attached to an aromatic ring is 1. The van der Waals surface area contributed by atoms with Crippen LogP contribution in [0, 0.1) is 0 Å². The van der Waals surface area contributed by atoms with E-state index in [1.807, 2.05) is 0 Å². The molecule has 2 rings (SSSR count). The fourth-order valence-corrected chi connectivity index (χ4v) is 1.74. The van der Waals surface area contributed by atoms with Gasteiger partial charge in [0.05, 0.1) is 11.4 Å². The van der Waals surface area contributed by atoms with E-state index in [0.29, 0.717) is 22.1 Å². The highest BCUT2D eigenvalue weighted by Gasteiger charge is 2.31. The average Bonchev–Trinajstić information content (AvgIpc) is 2.32. The fourth-order valence-electron chi connectivity index (χ4n) is 1.56. The Labute approximate surface area is 118 Å². The summed E-state index contributed by atoms with van der Waals surface area (Å²) in [5.41, 5.74) is 7.08. The molecule has 7 heteroatoms. The number of anilines is 3. The number of nitrogens with two attached hydrogens (primary N) is 1. The second kappa shape index (κ2) is 5.50. The number of hydrogen-bond acceptors (Lipinski definition) is 3. The number of rotatable bonds is 3. The molecule has 2 aromatic rings. The van der Waals surface area contributed by atoms with E-state index >= 15 is 0 Å². The van der Waals surface area contributed by atoms with Gasteiger partial charge in [0.15, 0.2) is 0 Å². The molecule has 2 aromatic carbocycles. The Morgan fingerprint density at radius 2 is 1.85 bits per heavy atom. The van der Waals surface area contributed by atoms with E-state index < -0.39 is 6.36 Å². The highest BCUT2D eigenvalue weighted by atomic mass is 35.5. The third-order valence-electron chi connectivity index (χ3n) is 2.36. The molecular formula is C13H10ClF3N2O. The van der Waals surface area contributed by atoms with E-state index in [4.69, 9.17) is 17.3 Å². The molecule has 0 aromatic heterocycles. The fraction of sp³-hybridized carbons (Fsp3) is 0.0769. The van der Waals surface area contributed by atoms with E-state index in [0.717, 1.165) is 0 Å². The highest BCUT2D eigenvalue weighted by molar-refractivity contribution is 6.31. The molecule has 106 valence electrons. The third kappa shape index (κ3) is 3.96. The van der Waals surface area contributed by atoms with Gasteiger partial charge in [0, 0.05) is 16.8 Å². The molecule has 0 radical (unpaired) electrons. The molecule has 3 nitrogen and oxygen atoms in total. The third-order valence-corrected chi connectivity index (χ3v) is 2.60. The van der Waals surface area contributed by atoms with Crippen molar-refractivity contribution in [3.05, 3.63) is 47.5 Å². The lowest BCUT2D eigenvalue weighted by Gasteiger charge is -2.12. The molecule has 20 heavy (non-hydrogen) atoms. The average molecular weight is 303 g/mol. The van der Waals surface area contributed by atoms with E-state index in [-0.39, 0.29) is 5.75 Å². The largest absolute Gasteiger partial charge is 0.573 e. The van der Waals surface area contributed by atoms with Gasteiger partial charge in [0.2, 0.25) is 0 Å². The first-order valence-electron chi connectivity index (χ1n) is 5.51. The zero-order chi connectivity index (χ0) is 14.8. The van der Waals surface area contributed by atoms with Gasteiger partial charge >= 0.3 is 6.36 Å². The maximum Gasteiger partial charge on any atom is 0.573 e. The molecule has 0 saturated heterocycles. The summed E-state index contributed by atoms with van der Waals surface area (Å²) in [6.45, 7) is 0. The Morgan fingerprint density at radius 1 is 1.10 bits per heavy atom. The predicted molar refractivity (Wildman–Crippen MR) is 72.3 cm³/mol. The molecular weight excluding hydrogens is 293 g/mol. The highest BCUT2D eigenvalue weighted by Crippen LogP contribution is 2.29. The number of halogens is 4. The van der Waals surface area contributed by atoms with Gasteiger partial charge in [-0.05, 0) is 30.3 Å². The summed E-state index contributed by atoms with van der Waals surface area (Å²) in [7, 11) is 0. The van der Waals surface area contributed by atoms with Crippen LogP contribution in [0.4, 0.5) is 30.2 Å². The van der Waals surface area contributed by atoms with Gasteiger partial charge in [0.25, 0.3) is 0 Å². The minimum Gasteiger partial charge on any atom is -0.406 e. The van der Waals surface area contributed by atoms with Gasteiger partial charge in [-0.1, -0.05) is 17.7 Å². The Kier molecular flexibility index (Phi) is 3.94. The molecule has 3 N–H and O–H groups in total. The SMILES string of the molecule is Nc1ccc(Cl)cc1Nc1cccc(OC(F)(F)F)c1. The molecule has 0 heterocycles. The normalized spacial score (nSPS) is 11.2. The lowest BCUT2D eigenvalue weighted by molar-refractivity contribution is -0.274. The van der Waals surface area contributed by atoms with Crippen LogP contribution in [-0.4, -0.2) is 6.36 Å². The van der Waals surface area contributed by atoms with Gasteiger partial charge in [-0.15, -0.1) is 13.2 Å². The lowest BCUT2D eigenvalue weighted by atomic mass is 10.2. The van der Waals surface area contributed by atoms with Crippen LogP contribution in [0.15, 0.2) is 42.5 Å². The van der Waals surface area contributed by atoms with Crippen LogP contribution in [0.3, 0.4) is 0 Å². The molecule has 0 fully saturated rings. The van der Waals surface area contributed by atoms with Gasteiger partial charge in [-0.3, -0.25) is 0 Å². The van der Waals surface area contributed by atoms with Gasteiger partial charge in [-0.25, -0.2) is 0 Å². The summed E-state index contributed by atoms with van der Waals surface area (Å²) in [6, 6.07) is 10.2. The molecule has 0 aliphatic heterocycles. The first-order valence-corrected chi connectivity index (χ1v) is 5.89. The molecule has 0 bridgehead atoms. The van der Waals surface area contributed by atoms with Crippen LogP contribution in [0.2, 0.25) is 5.02 Å². The van der Waals surface area contributed by atoms with Crippen molar-refractivity contribution in [1.82, 2.24) is 0 Å². The Hall–Kier alpha value is -2.08. The number of alkyl halides is 3. The summed E-state index contributed by atoms with van der Waals surface area (Å²) in [6.07, 6.45) is -4.73. The first kappa shape index (κ1) is 14.3. The molecule has 0 amide bonds. The van der Waals surface area contributed by atoms with Crippen LogP contribution in [-0.2, 0) is 0 Å². The zero-order valence-electron chi connectivity index (χ0n) is 10.0. The van der Waals surface area contributed by atoms with Crippen molar-refractivity contribution in [3.63, 3.8) is 0 Å². The maximum absolute atomic E-state index is 12.1. The van der Waals surface area contributed by atoms with E-state index in [2.05, 4.69) is 10.1 Å². The van der Waals surface area contributed by atoms with Crippen LogP contribution in [0.5, 0.6) is 5.75 Å². The molecule has 0 spiro atoms. The Balaban J connectivity index is 2.21. The molecule has 0 unspecified atom stereocenters. The van der Waals surface area contributed by atoms with E-state index in [1.165, 1.54) is 18.2 Å². The van der Waals surface area contributed by atoms with Gasteiger partial charge < -0.3 is 15.8 Å². The van der Waals surface area contributed by atoms with Crippen LogP contribution in [0.25, 0.3) is 0 Å². The standard InChI is InChI=1S/C13H10ClF3N2O/c14-8-4-5-11(18)12(6-8)19-9-2-1-3-10(7-9)20-13(15,16)17/h1-7,19H,18H2. The molecule has 0 saturated carbocycles.